The second-order valence-corrected chi connectivity index (χ2v) is 6.49. The smallest absolute Gasteiger partial charge is 0.243 e. The molecule has 96 valence electrons. The number of hydrogen-bond acceptors (Lipinski definition) is 4. The Bertz CT molecular complexity index is 514. The van der Waals surface area contributed by atoms with Crippen LogP contribution in [-0.2, 0) is 9.59 Å². The molecule has 2 amide bonds. The lowest BCUT2D eigenvalue weighted by Gasteiger charge is -2.30. The van der Waals surface area contributed by atoms with Gasteiger partial charge in [0.25, 0.3) is 0 Å². The SMILES string of the molecule is CN1CC(=O)N(CC(=O)c2ccc(Br)s2)CC1=O. The zero-order valence-electron chi connectivity index (χ0n) is 9.68. The first-order chi connectivity index (χ1) is 8.47. The van der Waals surface area contributed by atoms with E-state index >= 15 is 0 Å². The fourth-order valence-corrected chi connectivity index (χ4v) is 2.94. The molecule has 1 aliphatic rings. The van der Waals surface area contributed by atoms with Gasteiger partial charge in [-0.05, 0) is 28.1 Å². The minimum absolute atomic E-state index is 0.0202. The van der Waals surface area contributed by atoms with Gasteiger partial charge in [-0.2, -0.15) is 0 Å². The Morgan fingerprint density at radius 3 is 2.67 bits per heavy atom. The third-order valence-electron chi connectivity index (χ3n) is 2.66. The number of hydrogen-bond donors (Lipinski definition) is 0. The average Bonchev–Trinajstić information content (AvgIpc) is 2.73. The molecule has 0 atom stereocenters. The molecule has 7 heteroatoms. The van der Waals surface area contributed by atoms with Gasteiger partial charge in [0.15, 0.2) is 5.78 Å². The first-order valence-electron chi connectivity index (χ1n) is 5.27. The summed E-state index contributed by atoms with van der Waals surface area (Å²) in [5.74, 6) is -0.479. The van der Waals surface area contributed by atoms with E-state index in [1.807, 2.05) is 0 Å². The maximum absolute atomic E-state index is 11.9. The summed E-state index contributed by atoms with van der Waals surface area (Å²) in [6, 6.07) is 3.49. The Labute approximate surface area is 116 Å². The van der Waals surface area contributed by atoms with Crippen molar-refractivity contribution in [1.29, 1.82) is 0 Å². The molecule has 0 bridgehead atoms. The molecule has 0 radical (unpaired) electrons. The van der Waals surface area contributed by atoms with E-state index in [-0.39, 0.29) is 37.2 Å². The lowest BCUT2D eigenvalue weighted by molar-refractivity contribution is -0.148. The monoisotopic (exact) mass is 330 g/mol. The highest BCUT2D eigenvalue weighted by molar-refractivity contribution is 9.11. The summed E-state index contributed by atoms with van der Waals surface area (Å²) in [6.45, 7) is -0.0146. The summed E-state index contributed by atoms with van der Waals surface area (Å²) in [5, 5.41) is 0. The van der Waals surface area contributed by atoms with Crippen molar-refractivity contribution in [3.8, 4) is 0 Å². The van der Waals surface area contributed by atoms with E-state index in [2.05, 4.69) is 15.9 Å². The Morgan fingerprint density at radius 2 is 2.06 bits per heavy atom. The second-order valence-electron chi connectivity index (χ2n) is 4.03. The standard InChI is InChI=1S/C11H11BrN2O3S/c1-13-5-11(17)14(6-10(13)16)4-7(15)8-2-3-9(12)18-8/h2-3H,4-6H2,1H3. The van der Waals surface area contributed by atoms with Crippen LogP contribution in [0.3, 0.4) is 0 Å². The van der Waals surface area contributed by atoms with Crippen LogP contribution in [0.5, 0.6) is 0 Å². The molecule has 0 aromatic carbocycles. The first-order valence-corrected chi connectivity index (χ1v) is 6.88. The van der Waals surface area contributed by atoms with Crippen LogP contribution in [0.25, 0.3) is 0 Å². The van der Waals surface area contributed by atoms with E-state index in [0.29, 0.717) is 4.88 Å². The molecule has 0 N–H and O–H groups in total. The van der Waals surface area contributed by atoms with Crippen LogP contribution < -0.4 is 0 Å². The van der Waals surface area contributed by atoms with E-state index in [4.69, 9.17) is 0 Å². The molecule has 18 heavy (non-hydrogen) atoms. The van der Waals surface area contributed by atoms with Crippen molar-refractivity contribution in [2.45, 2.75) is 0 Å². The number of likely N-dealkylation sites (N-methyl/N-ethyl adjacent to an activating group) is 1. The fraction of sp³-hybridized carbons (Fsp3) is 0.364. The number of Topliss-reactive ketones (excluding diaryl/α,β-unsaturated/α-hetero) is 1. The highest BCUT2D eigenvalue weighted by atomic mass is 79.9. The van der Waals surface area contributed by atoms with Crippen LogP contribution in [0.4, 0.5) is 0 Å². The summed E-state index contributed by atoms with van der Waals surface area (Å²) in [7, 11) is 1.58. The summed E-state index contributed by atoms with van der Waals surface area (Å²) in [4.78, 5) is 38.4. The maximum Gasteiger partial charge on any atom is 0.243 e. The van der Waals surface area contributed by atoms with Crippen molar-refractivity contribution in [3.05, 3.63) is 20.8 Å². The molecule has 1 aliphatic heterocycles. The molecule has 5 nitrogen and oxygen atoms in total. The van der Waals surface area contributed by atoms with Crippen LogP contribution in [0.15, 0.2) is 15.9 Å². The van der Waals surface area contributed by atoms with Crippen molar-refractivity contribution >= 4 is 44.9 Å². The Kier molecular flexibility index (Phi) is 3.82. The van der Waals surface area contributed by atoms with Crippen LogP contribution in [0.1, 0.15) is 9.67 Å². The van der Waals surface area contributed by atoms with Crippen LogP contribution in [-0.4, -0.2) is 54.1 Å². The number of amides is 2. The van der Waals surface area contributed by atoms with Crippen LogP contribution in [0, 0.1) is 0 Å². The molecule has 0 saturated carbocycles. The summed E-state index contributed by atoms with van der Waals surface area (Å²) in [6.07, 6.45) is 0. The largest absolute Gasteiger partial charge is 0.335 e. The minimum Gasteiger partial charge on any atom is -0.335 e. The summed E-state index contributed by atoms with van der Waals surface area (Å²) in [5.41, 5.74) is 0. The zero-order chi connectivity index (χ0) is 13.3. The topological polar surface area (TPSA) is 57.7 Å². The van der Waals surface area contributed by atoms with Gasteiger partial charge in [0, 0.05) is 7.05 Å². The number of thiophene rings is 1. The molecule has 0 unspecified atom stereocenters. The highest BCUT2D eigenvalue weighted by Crippen LogP contribution is 2.22. The van der Waals surface area contributed by atoms with Gasteiger partial charge in [0.1, 0.15) is 6.54 Å². The molecular weight excluding hydrogens is 320 g/mol. The maximum atomic E-state index is 11.9. The van der Waals surface area contributed by atoms with Gasteiger partial charge in [-0.1, -0.05) is 0 Å². The van der Waals surface area contributed by atoms with Crippen molar-refractivity contribution in [2.24, 2.45) is 0 Å². The number of halogens is 1. The number of ketones is 1. The van der Waals surface area contributed by atoms with E-state index in [1.54, 1.807) is 19.2 Å². The van der Waals surface area contributed by atoms with Crippen molar-refractivity contribution in [2.75, 3.05) is 26.7 Å². The van der Waals surface area contributed by atoms with E-state index in [0.717, 1.165) is 3.79 Å². The zero-order valence-corrected chi connectivity index (χ0v) is 12.1. The number of carbonyl (C=O) groups is 3. The van der Waals surface area contributed by atoms with Gasteiger partial charge in [-0.3, -0.25) is 14.4 Å². The Hall–Kier alpha value is -1.21. The molecular formula is C11H11BrN2O3S. The third kappa shape index (κ3) is 2.78. The van der Waals surface area contributed by atoms with Gasteiger partial charge < -0.3 is 9.80 Å². The quantitative estimate of drug-likeness (QED) is 0.777. The first kappa shape index (κ1) is 13.2. The van der Waals surface area contributed by atoms with Gasteiger partial charge in [0.2, 0.25) is 11.8 Å². The molecule has 0 spiro atoms. The van der Waals surface area contributed by atoms with Crippen molar-refractivity contribution < 1.29 is 14.4 Å². The van der Waals surface area contributed by atoms with Crippen molar-refractivity contribution in [3.63, 3.8) is 0 Å². The van der Waals surface area contributed by atoms with Crippen LogP contribution >= 0.6 is 27.3 Å². The third-order valence-corrected chi connectivity index (χ3v) is 4.32. The lowest BCUT2D eigenvalue weighted by Crippen LogP contribution is -2.53. The van der Waals surface area contributed by atoms with Gasteiger partial charge in [-0.15, -0.1) is 11.3 Å². The highest BCUT2D eigenvalue weighted by Gasteiger charge is 2.29. The molecule has 1 fully saturated rings. The van der Waals surface area contributed by atoms with E-state index in [1.165, 1.54) is 21.1 Å². The van der Waals surface area contributed by atoms with Crippen LogP contribution in [0.2, 0.25) is 0 Å². The molecule has 2 rings (SSSR count). The molecule has 1 aromatic rings. The van der Waals surface area contributed by atoms with Gasteiger partial charge in [0.05, 0.1) is 21.8 Å². The molecule has 0 aliphatic carbocycles. The predicted molar refractivity (Wildman–Crippen MR) is 70.6 cm³/mol. The summed E-state index contributed by atoms with van der Waals surface area (Å²) >= 11 is 4.60. The molecule has 1 aromatic heterocycles. The molecule has 2 heterocycles. The minimum atomic E-state index is -0.193. The molecule has 1 saturated heterocycles. The van der Waals surface area contributed by atoms with E-state index in [9.17, 15) is 14.4 Å². The number of rotatable bonds is 3. The number of piperazine rings is 1. The fourth-order valence-electron chi connectivity index (χ4n) is 1.62. The Balaban J connectivity index is 2.03. The van der Waals surface area contributed by atoms with Gasteiger partial charge in [-0.25, -0.2) is 0 Å². The second kappa shape index (κ2) is 5.19. The normalized spacial score (nSPS) is 16.3. The predicted octanol–water partition coefficient (Wildman–Crippen LogP) is 0.994. The van der Waals surface area contributed by atoms with E-state index < -0.39 is 0 Å². The average molecular weight is 331 g/mol. The summed E-state index contributed by atoms with van der Waals surface area (Å²) < 4.78 is 0.867. The lowest BCUT2D eigenvalue weighted by atomic mass is 10.2. The Morgan fingerprint density at radius 1 is 1.33 bits per heavy atom. The van der Waals surface area contributed by atoms with Crippen molar-refractivity contribution in [1.82, 2.24) is 9.80 Å². The van der Waals surface area contributed by atoms with Gasteiger partial charge >= 0.3 is 0 Å². The number of nitrogens with zero attached hydrogens (tertiary/aromatic N) is 2. The number of carbonyl (C=O) groups excluding carboxylic acids is 3.